The monoisotopic (exact) mass is 657 g/mol. The van der Waals surface area contributed by atoms with E-state index in [1.165, 1.54) is 10.6 Å². The third-order valence-corrected chi connectivity index (χ3v) is 9.05. The smallest absolute Gasteiger partial charge is 0.374 e. The van der Waals surface area contributed by atoms with Gasteiger partial charge < -0.3 is 19.4 Å². The maximum atomic E-state index is 15.3. The molecule has 0 saturated carbocycles. The second-order valence-electron chi connectivity index (χ2n) is 10.7. The molecular weight excluding hydrogens is 629 g/mol. The third kappa shape index (κ3) is 6.30. The average Bonchev–Trinajstić information content (AvgIpc) is 3.16. The number of hydrogen-bond acceptors (Lipinski definition) is 7. The van der Waals surface area contributed by atoms with Crippen molar-refractivity contribution in [1.82, 2.24) is 19.4 Å². The Labute approximate surface area is 259 Å². The first-order valence-electron chi connectivity index (χ1n) is 13.7. The van der Waals surface area contributed by atoms with E-state index in [2.05, 4.69) is 11.6 Å². The van der Waals surface area contributed by atoms with Gasteiger partial charge in [0.05, 0.1) is 35.4 Å². The molecular formula is C29H29ClF5N5O3S. The molecule has 8 nitrogen and oxygen atoms in total. The van der Waals surface area contributed by atoms with Crippen LogP contribution in [0.25, 0.3) is 22.0 Å². The molecule has 2 aliphatic heterocycles. The van der Waals surface area contributed by atoms with Crippen LogP contribution in [-0.4, -0.2) is 90.5 Å². The van der Waals surface area contributed by atoms with Gasteiger partial charge in [-0.15, -0.1) is 11.8 Å². The van der Waals surface area contributed by atoms with Crippen molar-refractivity contribution in [1.29, 1.82) is 0 Å². The number of hydrogen-bond donors (Lipinski definition) is 0. The van der Waals surface area contributed by atoms with Gasteiger partial charge in [-0.2, -0.15) is 18.2 Å². The van der Waals surface area contributed by atoms with E-state index >= 15 is 4.39 Å². The molecule has 1 aromatic heterocycles. The normalized spacial score (nSPS) is 17.3. The van der Waals surface area contributed by atoms with Crippen molar-refractivity contribution >= 4 is 46.0 Å². The van der Waals surface area contributed by atoms with E-state index < -0.39 is 51.3 Å². The summed E-state index contributed by atoms with van der Waals surface area (Å²) in [4.78, 5) is 35.0. The van der Waals surface area contributed by atoms with Gasteiger partial charge >= 0.3 is 11.9 Å². The average molecular weight is 658 g/mol. The highest BCUT2D eigenvalue weighted by Crippen LogP contribution is 2.49. The van der Waals surface area contributed by atoms with Crippen LogP contribution in [0.5, 0.6) is 0 Å². The number of aromatic nitrogens is 2. The number of carbonyl (C=O) groups excluding carboxylic acids is 1. The Morgan fingerprint density at radius 3 is 2.52 bits per heavy atom. The van der Waals surface area contributed by atoms with Crippen molar-refractivity contribution in [3.63, 3.8) is 0 Å². The lowest BCUT2D eigenvalue weighted by Gasteiger charge is -2.35. The molecule has 3 aromatic rings. The molecule has 1 saturated heterocycles. The van der Waals surface area contributed by atoms with Gasteiger partial charge in [-0.05, 0) is 32.3 Å². The number of halogens is 6. The van der Waals surface area contributed by atoms with E-state index in [4.69, 9.17) is 16.3 Å². The molecule has 0 radical (unpaired) electrons. The molecule has 1 unspecified atom stereocenters. The molecule has 1 atom stereocenters. The van der Waals surface area contributed by atoms with Crippen LogP contribution in [0.4, 0.5) is 27.8 Å². The van der Waals surface area contributed by atoms with Crippen LogP contribution in [-0.2, 0) is 22.3 Å². The number of ether oxygens (including phenoxy) is 1. The molecule has 0 N–H and O–H groups in total. The molecule has 3 heterocycles. The molecule has 0 spiro atoms. The molecule has 5 rings (SSSR count). The van der Waals surface area contributed by atoms with Crippen molar-refractivity contribution in [2.24, 2.45) is 0 Å². The SMILES string of the molecule is C=CC(=O)N1CCN(c2nc(=O)n3c4c(c(-c5cc(Cl)c(F)cc5F)c(C(F)(F)F)cc24)SCC(OCCN(C)C)C3)CC1. The zero-order chi connectivity index (χ0) is 31.9. The van der Waals surface area contributed by atoms with Crippen molar-refractivity contribution in [2.45, 2.75) is 23.7 Å². The summed E-state index contributed by atoms with van der Waals surface area (Å²) in [6.45, 7) is 5.24. The van der Waals surface area contributed by atoms with E-state index in [-0.39, 0.29) is 66.0 Å². The number of rotatable bonds is 7. The van der Waals surface area contributed by atoms with Crippen LogP contribution >= 0.6 is 23.4 Å². The van der Waals surface area contributed by atoms with Gasteiger partial charge in [-0.1, -0.05) is 18.2 Å². The van der Waals surface area contributed by atoms with E-state index in [0.29, 0.717) is 19.2 Å². The van der Waals surface area contributed by atoms with Gasteiger partial charge in [-0.3, -0.25) is 9.36 Å². The summed E-state index contributed by atoms with van der Waals surface area (Å²) < 4.78 is 81.2. The van der Waals surface area contributed by atoms with E-state index in [1.807, 2.05) is 19.0 Å². The van der Waals surface area contributed by atoms with Crippen LogP contribution in [0.1, 0.15) is 5.56 Å². The minimum atomic E-state index is -4.98. The molecule has 1 fully saturated rings. The minimum Gasteiger partial charge on any atom is -0.374 e. The summed E-state index contributed by atoms with van der Waals surface area (Å²) in [6.07, 6.45) is -4.38. The van der Waals surface area contributed by atoms with Gasteiger partial charge in [-0.25, -0.2) is 13.6 Å². The number of nitrogens with zero attached hydrogens (tertiary/aromatic N) is 5. The Bertz CT molecular complexity index is 1670. The molecule has 0 bridgehead atoms. The molecule has 15 heteroatoms. The van der Waals surface area contributed by atoms with E-state index in [9.17, 15) is 27.2 Å². The lowest BCUT2D eigenvalue weighted by molar-refractivity contribution is -0.137. The Balaban J connectivity index is 1.76. The first-order valence-corrected chi connectivity index (χ1v) is 15.1. The van der Waals surface area contributed by atoms with E-state index in [0.717, 1.165) is 23.9 Å². The minimum absolute atomic E-state index is 0.00484. The van der Waals surface area contributed by atoms with Gasteiger partial charge in [0.25, 0.3) is 0 Å². The third-order valence-electron chi connectivity index (χ3n) is 7.54. The molecule has 0 aliphatic carbocycles. The first kappa shape index (κ1) is 32.2. The summed E-state index contributed by atoms with van der Waals surface area (Å²) in [5.41, 5.74) is -2.86. The maximum Gasteiger partial charge on any atom is 0.417 e. The number of carbonyl (C=O) groups is 1. The Kier molecular flexibility index (Phi) is 9.26. The van der Waals surface area contributed by atoms with Gasteiger partial charge in [0, 0.05) is 66.0 Å². The van der Waals surface area contributed by atoms with Crippen molar-refractivity contribution in [3.8, 4) is 11.1 Å². The maximum absolute atomic E-state index is 15.3. The summed E-state index contributed by atoms with van der Waals surface area (Å²) in [5.74, 6) is -2.47. The van der Waals surface area contributed by atoms with Gasteiger partial charge in [0.2, 0.25) is 5.91 Å². The molecule has 236 valence electrons. The molecule has 1 amide bonds. The van der Waals surface area contributed by atoms with Crippen molar-refractivity contribution < 1.29 is 31.5 Å². The number of amides is 1. The quantitative estimate of drug-likeness (QED) is 0.203. The zero-order valence-electron chi connectivity index (χ0n) is 23.9. The van der Waals surface area contributed by atoms with E-state index in [1.54, 1.807) is 9.80 Å². The summed E-state index contributed by atoms with van der Waals surface area (Å²) in [7, 11) is 3.72. The van der Waals surface area contributed by atoms with Gasteiger partial charge in [0.1, 0.15) is 17.5 Å². The number of piperazine rings is 1. The number of anilines is 1. The van der Waals surface area contributed by atoms with Gasteiger partial charge in [0.15, 0.2) is 0 Å². The van der Waals surface area contributed by atoms with Crippen LogP contribution in [0.3, 0.4) is 0 Å². The second kappa shape index (κ2) is 12.7. The number of likely N-dealkylation sites (N-methyl/N-ethyl adjacent to an activating group) is 1. The van der Waals surface area contributed by atoms with Crippen LogP contribution in [0.15, 0.2) is 40.5 Å². The number of alkyl halides is 3. The molecule has 44 heavy (non-hydrogen) atoms. The number of thioether (sulfide) groups is 1. The zero-order valence-corrected chi connectivity index (χ0v) is 25.5. The second-order valence-corrected chi connectivity index (χ2v) is 12.2. The predicted molar refractivity (Wildman–Crippen MR) is 159 cm³/mol. The Morgan fingerprint density at radius 2 is 1.89 bits per heavy atom. The fourth-order valence-electron chi connectivity index (χ4n) is 5.35. The van der Waals surface area contributed by atoms with Crippen molar-refractivity contribution in [3.05, 3.63) is 63.6 Å². The summed E-state index contributed by atoms with van der Waals surface area (Å²) >= 11 is 6.93. The fourth-order valence-corrected chi connectivity index (χ4v) is 6.79. The Morgan fingerprint density at radius 1 is 1.18 bits per heavy atom. The van der Waals surface area contributed by atoms with Crippen LogP contribution in [0, 0.1) is 11.6 Å². The summed E-state index contributed by atoms with van der Waals surface area (Å²) in [6, 6.07) is 2.13. The number of benzene rings is 2. The Hall–Kier alpha value is -3.20. The molecule has 2 aliphatic rings. The topological polar surface area (TPSA) is 70.9 Å². The lowest BCUT2D eigenvalue weighted by atomic mass is 9.95. The highest BCUT2D eigenvalue weighted by atomic mass is 35.5. The fraction of sp³-hybridized carbons (Fsp3) is 0.414. The highest BCUT2D eigenvalue weighted by molar-refractivity contribution is 7.99. The largest absolute Gasteiger partial charge is 0.417 e. The van der Waals surface area contributed by atoms with Crippen LogP contribution in [0.2, 0.25) is 5.02 Å². The van der Waals surface area contributed by atoms with Crippen molar-refractivity contribution in [2.75, 3.05) is 64.1 Å². The standard InChI is InChI=1S/C29H29ClF5N5O3S/c1-4-23(41)38-5-7-39(8-6-38)27-18-11-19(29(33,34)35)24(17-12-20(30)22(32)13-21(17)31)26-25(18)40(28(42)36-27)14-16(15-44-26)43-10-9-37(2)3/h4,11-13,16H,1,5-10,14-15H2,2-3H3. The predicted octanol–water partition coefficient (Wildman–Crippen LogP) is 4.90. The van der Waals surface area contributed by atoms with Crippen LogP contribution < -0.4 is 10.6 Å². The first-order chi connectivity index (χ1) is 20.8. The summed E-state index contributed by atoms with van der Waals surface area (Å²) in [5, 5.41) is -0.515. The highest BCUT2D eigenvalue weighted by Gasteiger charge is 2.39. The molecule has 2 aromatic carbocycles. The lowest BCUT2D eigenvalue weighted by Crippen LogP contribution is -2.49.